The third-order valence-corrected chi connectivity index (χ3v) is 2.43. The van der Waals surface area contributed by atoms with E-state index in [9.17, 15) is 4.79 Å². The summed E-state index contributed by atoms with van der Waals surface area (Å²) in [6.45, 7) is 4.81. The maximum Gasteiger partial charge on any atom is 0.251 e. The molecule has 0 aromatic heterocycles. The molecule has 1 aromatic rings. The van der Waals surface area contributed by atoms with Gasteiger partial charge >= 0.3 is 0 Å². The Hall–Kier alpha value is -1.51. The quantitative estimate of drug-likeness (QED) is 0.591. The van der Waals surface area contributed by atoms with Gasteiger partial charge in [-0.3, -0.25) is 4.79 Å². The van der Waals surface area contributed by atoms with Crippen LogP contribution >= 0.6 is 0 Å². The Bertz CT molecular complexity index is 341. The van der Waals surface area contributed by atoms with Crippen LogP contribution in [0.25, 0.3) is 0 Å². The van der Waals surface area contributed by atoms with E-state index in [2.05, 4.69) is 12.2 Å². The van der Waals surface area contributed by atoms with Crippen molar-refractivity contribution < 1.29 is 4.79 Å². The predicted molar refractivity (Wildman–Crippen MR) is 67.4 cm³/mol. The normalized spacial score (nSPS) is 10.1. The number of carbonyl (C=O) groups is 1. The molecule has 1 rings (SSSR count). The highest BCUT2D eigenvalue weighted by molar-refractivity contribution is 5.95. The topological polar surface area (TPSA) is 55.1 Å². The van der Waals surface area contributed by atoms with Crippen LogP contribution in [-0.4, -0.2) is 12.5 Å². The second-order valence-electron chi connectivity index (χ2n) is 4.10. The third-order valence-electron chi connectivity index (χ3n) is 2.43. The van der Waals surface area contributed by atoms with Gasteiger partial charge in [0.2, 0.25) is 0 Å². The second kappa shape index (κ2) is 6.16. The van der Waals surface area contributed by atoms with Gasteiger partial charge in [0, 0.05) is 17.8 Å². The molecule has 0 saturated heterocycles. The van der Waals surface area contributed by atoms with Crippen molar-refractivity contribution in [2.75, 3.05) is 12.3 Å². The monoisotopic (exact) mass is 220 g/mol. The number of benzene rings is 1. The van der Waals surface area contributed by atoms with Crippen molar-refractivity contribution in [2.24, 2.45) is 0 Å². The fraction of sp³-hybridized carbons (Fsp3) is 0.462. The fourth-order valence-electron chi connectivity index (χ4n) is 1.62. The summed E-state index contributed by atoms with van der Waals surface area (Å²) in [4.78, 5) is 11.7. The van der Waals surface area contributed by atoms with Crippen LogP contribution in [0.5, 0.6) is 0 Å². The Morgan fingerprint density at radius 3 is 2.69 bits per heavy atom. The van der Waals surface area contributed by atoms with Crippen molar-refractivity contribution in [1.29, 1.82) is 0 Å². The van der Waals surface area contributed by atoms with Crippen molar-refractivity contribution in [2.45, 2.75) is 33.1 Å². The van der Waals surface area contributed by atoms with E-state index >= 15 is 0 Å². The molecular weight excluding hydrogens is 200 g/mol. The van der Waals surface area contributed by atoms with E-state index in [0.29, 0.717) is 11.3 Å². The highest BCUT2D eigenvalue weighted by Gasteiger charge is 2.05. The highest BCUT2D eigenvalue weighted by Crippen LogP contribution is 2.11. The number of unbranched alkanes of at least 4 members (excludes halogenated alkanes) is 2. The molecule has 0 fully saturated rings. The van der Waals surface area contributed by atoms with Gasteiger partial charge in [-0.05, 0) is 37.1 Å². The first-order valence-corrected chi connectivity index (χ1v) is 5.79. The second-order valence-corrected chi connectivity index (χ2v) is 4.10. The average Bonchev–Trinajstić information content (AvgIpc) is 2.22. The molecule has 88 valence electrons. The molecule has 0 spiro atoms. The molecule has 0 atom stereocenters. The van der Waals surface area contributed by atoms with Crippen LogP contribution in [-0.2, 0) is 0 Å². The Morgan fingerprint density at radius 1 is 1.31 bits per heavy atom. The van der Waals surface area contributed by atoms with Crippen molar-refractivity contribution >= 4 is 11.6 Å². The number of carbonyl (C=O) groups excluding carboxylic acids is 1. The molecule has 0 aliphatic heterocycles. The van der Waals surface area contributed by atoms with Crippen LogP contribution in [0.3, 0.4) is 0 Å². The molecule has 0 radical (unpaired) electrons. The number of nitrogens with two attached hydrogens (primary N) is 1. The molecule has 16 heavy (non-hydrogen) atoms. The van der Waals surface area contributed by atoms with Crippen LogP contribution in [0.2, 0.25) is 0 Å². The van der Waals surface area contributed by atoms with Gasteiger partial charge in [0.1, 0.15) is 0 Å². The van der Waals surface area contributed by atoms with Crippen LogP contribution in [0.4, 0.5) is 5.69 Å². The van der Waals surface area contributed by atoms with E-state index in [-0.39, 0.29) is 5.91 Å². The Kier molecular flexibility index (Phi) is 4.83. The van der Waals surface area contributed by atoms with Crippen molar-refractivity contribution in [3.8, 4) is 0 Å². The number of aryl methyl sites for hydroxylation is 1. The maximum absolute atomic E-state index is 11.7. The zero-order valence-corrected chi connectivity index (χ0v) is 10.0. The number of amides is 1. The molecule has 0 aliphatic rings. The molecular formula is C13H20N2O. The van der Waals surface area contributed by atoms with E-state index < -0.39 is 0 Å². The Labute approximate surface area is 97.0 Å². The molecule has 3 N–H and O–H groups in total. The van der Waals surface area contributed by atoms with Crippen molar-refractivity contribution in [3.63, 3.8) is 0 Å². The summed E-state index contributed by atoms with van der Waals surface area (Å²) >= 11 is 0. The summed E-state index contributed by atoms with van der Waals surface area (Å²) in [5.41, 5.74) is 7.99. The standard InChI is InChI=1S/C13H20N2O/c1-3-4-5-6-15-13(16)11-7-10(2)8-12(14)9-11/h7-9H,3-6,14H2,1-2H3,(H,15,16). The largest absolute Gasteiger partial charge is 0.399 e. The summed E-state index contributed by atoms with van der Waals surface area (Å²) in [5, 5.41) is 2.89. The summed E-state index contributed by atoms with van der Waals surface area (Å²) in [6, 6.07) is 5.42. The van der Waals surface area contributed by atoms with Crippen LogP contribution in [0.15, 0.2) is 18.2 Å². The van der Waals surface area contributed by atoms with E-state index in [1.165, 1.54) is 0 Å². The molecule has 0 unspecified atom stereocenters. The number of rotatable bonds is 5. The van der Waals surface area contributed by atoms with Crippen LogP contribution in [0.1, 0.15) is 42.1 Å². The van der Waals surface area contributed by atoms with Gasteiger partial charge in [-0.2, -0.15) is 0 Å². The third kappa shape index (κ3) is 3.93. The first-order valence-electron chi connectivity index (χ1n) is 5.79. The first kappa shape index (κ1) is 12.6. The lowest BCUT2D eigenvalue weighted by Crippen LogP contribution is -2.24. The predicted octanol–water partition coefficient (Wildman–Crippen LogP) is 2.50. The lowest BCUT2D eigenvalue weighted by molar-refractivity contribution is 0.0953. The summed E-state index contributed by atoms with van der Waals surface area (Å²) in [5.74, 6) is -0.0356. The smallest absolute Gasteiger partial charge is 0.251 e. The molecule has 0 heterocycles. The van der Waals surface area contributed by atoms with Gasteiger partial charge < -0.3 is 11.1 Å². The zero-order chi connectivity index (χ0) is 12.0. The lowest BCUT2D eigenvalue weighted by Gasteiger charge is -2.06. The summed E-state index contributed by atoms with van der Waals surface area (Å²) in [6.07, 6.45) is 3.34. The number of anilines is 1. The number of hydrogen-bond acceptors (Lipinski definition) is 2. The number of nitrogen functional groups attached to an aromatic ring is 1. The minimum absolute atomic E-state index is 0.0356. The van der Waals surface area contributed by atoms with Crippen LogP contribution < -0.4 is 11.1 Å². The Morgan fingerprint density at radius 2 is 2.06 bits per heavy atom. The van der Waals surface area contributed by atoms with E-state index in [0.717, 1.165) is 31.4 Å². The summed E-state index contributed by atoms with van der Waals surface area (Å²) in [7, 11) is 0. The molecule has 1 amide bonds. The SMILES string of the molecule is CCCCCNC(=O)c1cc(C)cc(N)c1. The van der Waals surface area contributed by atoms with Crippen molar-refractivity contribution in [1.82, 2.24) is 5.32 Å². The maximum atomic E-state index is 11.7. The zero-order valence-electron chi connectivity index (χ0n) is 10.0. The van der Waals surface area contributed by atoms with Gasteiger partial charge in [0.15, 0.2) is 0 Å². The van der Waals surface area contributed by atoms with Gasteiger partial charge in [0.05, 0.1) is 0 Å². The average molecular weight is 220 g/mol. The van der Waals surface area contributed by atoms with Crippen LogP contribution in [0, 0.1) is 6.92 Å². The van der Waals surface area contributed by atoms with Gasteiger partial charge in [-0.1, -0.05) is 19.8 Å². The summed E-state index contributed by atoms with van der Waals surface area (Å²) < 4.78 is 0. The van der Waals surface area contributed by atoms with E-state index in [1.807, 2.05) is 19.1 Å². The van der Waals surface area contributed by atoms with E-state index in [1.54, 1.807) is 6.07 Å². The lowest BCUT2D eigenvalue weighted by atomic mass is 10.1. The molecule has 3 nitrogen and oxygen atoms in total. The Balaban J connectivity index is 2.52. The van der Waals surface area contributed by atoms with Gasteiger partial charge in [-0.25, -0.2) is 0 Å². The van der Waals surface area contributed by atoms with E-state index in [4.69, 9.17) is 5.73 Å². The molecule has 1 aromatic carbocycles. The minimum atomic E-state index is -0.0356. The fourth-order valence-corrected chi connectivity index (χ4v) is 1.62. The number of nitrogens with one attached hydrogen (secondary N) is 1. The van der Waals surface area contributed by atoms with Gasteiger partial charge in [-0.15, -0.1) is 0 Å². The molecule has 3 heteroatoms. The number of hydrogen-bond donors (Lipinski definition) is 2. The molecule has 0 bridgehead atoms. The van der Waals surface area contributed by atoms with Crippen molar-refractivity contribution in [3.05, 3.63) is 29.3 Å². The first-order chi connectivity index (χ1) is 7.63. The minimum Gasteiger partial charge on any atom is -0.399 e. The molecule has 0 aliphatic carbocycles. The molecule has 0 saturated carbocycles. The van der Waals surface area contributed by atoms with Gasteiger partial charge in [0.25, 0.3) is 5.91 Å². The highest BCUT2D eigenvalue weighted by atomic mass is 16.1.